The number of carboxylic acid groups (broad SMARTS) is 1. The summed E-state index contributed by atoms with van der Waals surface area (Å²) in [5.41, 5.74) is 3.25. The Balaban J connectivity index is 1.54. The number of oxime groups is 1. The van der Waals surface area contributed by atoms with E-state index in [1.54, 1.807) is 24.3 Å². The number of amides is 1. The van der Waals surface area contributed by atoms with Gasteiger partial charge in [0.15, 0.2) is 0 Å². The van der Waals surface area contributed by atoms with Gasteiger partial charge in [-0.15, -0.1) is 0 Å². The molecule has 2 N–H and O–H groups in total. The van der Waals surface area contributed by atoms with E-state index in [1.165, 1.54) is 0 Å². The second kappa shape index (κ2) is 7.61. The van der Waals surface area contributed by atoms with Crippen LogP contribution in [0.15, 0.2) is 59.8 Å². The first-order valence-corrected chi connectivity index (χ1v) is 8.01. The summed E-state index contributed by atoms with van der Waals surface area (Å²) < 4.78 is 0. The van der Waals surface area contributed by atoms with Crippen molar-refractivity contribution < 1.29 is 19.5 Å². The maximum absolute atomic E-state index is 12.3. The van der Waals surface area contributed by atoms with Crippen LogP contribution in [0.1, 0.15) is 24.0 Å². The van der Waals surface area contributed by atoms with Crippen LogP contribution in [0.25, 0.3) is 0 Å². The van der Waals surface area contributed by atoms with Gasteiger partial charge in [0.05, 0.1) is 5.71 Å². The minimum absolute atomic E-state index is 0.0845. The summed E-state index contributed by atoms with van der Waals surface area (Å²) >= 11 is 0. The van der Waals surface area contributed by atoms with Crippen molar-refractivity contribution in [3.05, 3.63) is 65.7 Å². The van der Waals surface area contributed by atoms with Crippen LogP contribution < -0.4 is 5.32 Å². The number of nitrogens with one attached hydrogen (secondary N) is 1. The van der Waals surface area contributed by atoms with E-state index in [0.717, 1.165) is 16.8 Å². The highest BCUT2D eigenvalue weighted by Gasteiger charge is 2.28. The lowest BCUT2D eigenvalue weighted by atomic mass is 10.0. The molecule has 2 aromatic rings. The molecule has 0 fully saturated rings. The van der Waals surface area contributed by atoms with E-state index in [-0.39, 0.29) is 12.3 Å². The van der Waals surface area contributed by atoms with Crippen molar-refractivity contribution in [1.29, 1.82) is 0 Å². The molecule has 1 aliphatic rings. The Kier molecular flexibility index (Phi) is 5.09. The Morgan fingerprint density at radius 1 is 1.12 bits per heavy atom. The average Bonchev–Trinajstić information content (AvgIpc) is 3.12. The van der Waals surface area contributed by atoms with Gasteiger partial charge in [0, 0.05) is 18.5 Å². The lowest BCUT2D eigenvalue weighted by Crippen LogP contribution is -2.28. The molecule has 0 radical (unpaired) electrons. The van der Waals surface area contributed by atoms with Gasteiger partial charge < -0.3 is 15.3 Å². The molecule has 1 unspecified atom stereocenters. The Morgan fingerprint density at radius 3 is 2.52 bits per heavy atom. The molecule has 6 nitrogen and oxygen atoms in total. The van der Waals surface area contributed by atoms with Crippen LogP contribution in [0.2, 0.25) is 0 Å². The van der Waals surface area contributed by atoms with Crippen LogP contribution in [-0.4, -0.2) is 28.8 Å². The summed E-state index contributed by atoms with van der Waals surface area (Å²) in [5.74, 6) is -1.09. The van der Waals surface area contributed by atoms with Crippen LogP contribution in [-0.2, 0) is 20.8 Å². The number of aryl methyl sites for hydroxylation is 1. The summed E-state index contributed by atoms with van der Waals surface area (Å²) in [6.07, 6.45) is 0.319. The molecule has 0 aliphatic carbocycles. The molecule has 0 aromatic heterocycles. The Hall–Kier alpha value is -3.15. The molecule has 2 aromatic carbocycles. The summed E-state index contributed by atoms with van der Waals surface area (Å²) in [6.45, 7) is 0. The molecule has 0 saturated heterocycles. The van der Waals surface area contributed by atoms with Crippen LogP contribution in [0.3, 0.4) is 0 Å². The maximum Gasteiger partial charge on any atom is 0.303 e. The maximum atomic E-state index is 12.3. The van der Waals surface area contributed by atoms with Crippen molar-refractivity contribution in [2.75, 3.05) is 5.32 Å². The zero-order valence-electron chi connectivity index (χ0n) is 13.5. The molecule has 3 rings (SSSR count). The van der Waals surface area contributed by atoms with E-state index in [1.807, 2.05) is 30.3 Å². The number of anilines is 1. The molecular weight excluding hydrogens is 320 g/mol. The second-order valence-corrected chi connectivity index (χ2v) is 5.78. The number of hydrogen-bond donors (Lipinski definition) is 2. The predicted molar refractivity (Wildman–Crippen MR) is 93.5 cm³/mol. The van der Waals surface area contributed by atoms with Gasteiger partial charge in [0.2, 0.25) is 6.10 Å². The molecule has 0 spiro atoms. The molecular formula is C19H18N2O4. The summed E-state index contributed by atoms with van der Waals surface area (Å²) in [7, 11) is 0. The standard InChI is InChI=1S/C19H18N2O4/c22-18(23)11-8-13-6-9-15(10-7-13)20-19(24)17-12-16(21-25-17)14-4-2-1-3-5-14/h1-7,9-10,17H,8,11-12H2,(H,20,24)(H,22,23). The van der Waals surface area contributed by atoms with Gasteiger partial charge in [-0.05, 0) is 29.7 Å². The highest BCUT2D eigenvalue weighted by Crippen LogP contribution is 2.19. The average molecular weight is 338 g/mol. The zero-order valence-corrected chi connectivity index (χ0v) is 13.5. The van der Waals surface area contributed by atoms with Crippen molar-refractivity contribution in [3.63, 3.8) is 0 Å². The third-order valence-corrected chi connectivity index (χ3v) is 3.92. The van der Waals surface area contributed by atoms with Crippen molar-refractivity contribution in [3.8, 4) is 0 Å². The lowest BCUT2D eigenvalue weighted by molar-refractivity contribution is -0.137. The largest absolute Gasteiger partial charge is 0.481 e. The van der Waals surface area contributed by atoms with E-state index in [4.69, 9.17) is 9.94 Å². The Labute approximate surface area is 145 Å². The molecule has 1 heterocycles. The zero-order chi connectivity index (χ0) is 17.6. The summed E-state index contributed by atoms with van der Waals surface area (Å²) in [5, 5.41) is 15.5. The number of aliphatic carboxylic acids is 1. The van der Waals surface area contributed by atoms with Gasteiger partial charge in [-0.25, -0.2) is 0 Å². The fraction of sp³-hybridized carbons (Fsp3) is 0.211. The molecule has 128 valence electrons. The van der Waals surface area contributed by atoms with Gasteiger partial charge in [0.1, 0.15) is 0 Å². The highest BCUT2D eigenvalue weighted by atomic mass is 16.6. The highest BCUT2D eigenvalue weighted by molar-refractivity contribution is 6.06. The van der Waals surface area contributed by atoms with E-state index in [9.17, 15) is 9.59 Å². The van der Waals surface area contributed by atoms with Crippen LogP contribution in [0.5, 0.6) is 0 Å². The second-order valence-electron chi connectivity index (χ2n) is 5.78. The van der Waals surface area contributed by atoms with Crippen LogP contribution in [0.4, 0.5) is 5.69 Å². The lowest BCUT2D eigenvalue weighted by Gasteiger charge is -2.10. The van der Waals surface area contributed by atoms with E-state index >= 15 is 0 Å². The fourth-order valence-corrected chi connectivity index (χ4v) is 2.55. The molecule has 1 atom stereocenters. The minimum atomic E-state index is -0.829. The normalized spacial score (nSPS) is 16.0. The number of carbonyl (C=O) groups is 2. The van der Waals surface area contributed by atoms with Gasteiger partial charge in [-0.1, -0.05) is 47.6 Å². The number of nitrogens with zero attached hydrogens (tertiary/aromatic N) is 1. The summed E-state index contributed by atoms with van der Waals surface area (Å²) in [4.78, 5) is 28.1. The third-order valence-electron chi connectivity index (χ3n) is 3.92. The first kappa shape index (κ1) is 16.7. The third kappa shape index (κ3) is 4.44. The van der Waals surface area contributed by atoms with E-state index in [0.29, 0.717) is 18.5 Å². The molecule has 25 heavy (non-hydrogen) atoms. The van der Waals surface area contributed by atoms with Crippen LogP contribution in [0, 0.1) is 0 Å². The smallest absolute Gasteiger partial charge is 0.303 e. The van der Waals surface area contributed by atoms with E-state index < -0.39 is 12.1 Å². The van der Waals surface area contributed by atoms with Crippen molar-refractivity contribution in [2.45, 2.75) is 25.4 Å². The van der Waals surface area contributed by atoms with E-state index in [2.05, 4.69) is 10.5 Å². The number of hydrogen-bond acceptors (Lipinski definition) is 4. The SMILES string of the molecule is O=C(O)CCc1ccc(NC(=O)C2CC(c3ccccc3)=NO2)cc1. The molecule has 0 saturated carbocycles. The Morgan fingerprint density at radius 2 is 1.84 bits per heavy atom. The Bertz CT molecular complexity index is 785. The van der Waals surface area contributed by atoms with Gasteiger partial charge >= 0.3 is 5.97 Å². The predicted octanol–water partition coefficient (Wildman–Crippen LogP) is 2.84. The number of carbonyl (C=O) groups excluding carboxylic acids is 1. The van der Waals surface area contributed by atoms with Crippen LogP contribution >= 0.6 is 0 Å². The van der Waals surface area contributed by atoms with Gasteiger partial charge in [-0.3, -0.25) is 9.59 Å². The topological polar surface area (TPSA) is 88.0 Å². The number of carboxylic acids is 1. The van der Waals surface area contributed by atoms with Gasteiger partial charge in [0.25, 0.3) is 5.91 Å². The molecule has 6 heteroatoms. The van der Waals surface area contributed by atoms with Crippen molar-refractivity contribution in [1.82, 2.24) is 0 Å². The number of rotatable bonds is 6. The number of benzene rings is 2. The molecule has 0 bridgehead atoms. The van der Waals surface area contributed by atoms with Crippen molar-refractivity contribution in [2.24, 2.45) is 5.16 Å². The fourth-order valence-electron chi connectivity index (χ4n) is 2.55. The first-order chi connectivity index (χ1) is 12.1. The van der Waals surface area contributed by atoms with Crippen molar-refractivity contribution >= 4 is 23.3 Å². The molecule has 1 aliphatic heterocycles. The summed E-state index contributed by atoms with van der Waals surface area (Å²) in [6, 6.07) is 16.7. The molecule has 1 amide bonds. The van der Waals surface area contributed by atoms with Gasteiger partial charge in [-0.2, -0.15) is 0 Å². The quantitative estimate of drug-likeness (QED) is 0.848. The first-order valence-electron chi connectivity index (χ1n) is 8.01. The minimum Gasteiger partial charge on any atom is -0.481 e. The monoisotopic (exact) mass is 338 g/mol.